The lowest BCUT2D eigenvalue weighted by molar-refractivity contribution is -0.131. The van der Waals surface area contributed by atoms with Crippen LogP contribution in [0.4, 0.5) is 5.82 Å². The molecular weight excluding hydrogens is 312 g/mol. The number of anilines is 1. The van der Waals surface area contributed by atoms with E-state index in [1.54, 1.807) is 0 Å². The molecule has 1 aliphatic heterocycles. The first kappa shape index (κ1) is 18.2. The summed E-state index contributed by atoms with van der Waals surface area (Å²) in [6.07, 6.45) is 6.35. The van der Waals surface area contributed by atoms with E-state index in [1.165, 1.54) is 19.3 Å². The number of rotatable bonds is 8. The standard InChI is InChI=1S/C20H32N4O/c1-17(2)8-11-22(18-6-7-18)12-9-20(25)24-15-13-23(14-16-24)19-5-3-4-10-21-19/h3-5,10,17-18H,6-9,11-16H2,1-2H3. The van der Waals surface area contributed by atoms with E-state index in [-0.39, 0.29) is 0 Å². The third kappa shape index (κ3) is 5.43. The fraction of sp³-hybridized carbons (Fsp3) is 0.700. The minimum atomic E-state index is 0.316. The number of aromatic nitrogens is 1. The number of hydrogen-bond donors (Lipinski definition) is 0. The quantitative estimate of drug-likeness (QED) is 0.727. The SMILES string of the molecule is CC(C)CCN(CCC(=O)N1CCN(c2ccccn2)CC1)C1CC1. The van der Waals surface area contributed by atoms with E-state index in [4.69, 9.17) is 0 Å². The lowest BCUT2D eigenvalue weighted by Crippen LogP contribution is -2.49. The summed E-state index contributed by atoms with van der Waals surface area (Å²) in [5.74, 6) is 2.07. The molecular formula is C20H32N4O. The molecule has 1 saturated carbocycles. The number of amides is 1. The van der Waals surface area contributed by atoms with E-state index in [9.17, 15) is 4.79 Å². The molecule has 1 aromatic rings. The topological polar surface area (TPSA) is 39.7 Å². The van der Waals surface area contributed by atoms with E-state index in [0.717, 1.165) is 57.0 Å². The molecule has 0 unspecified atom stereocenters. The summed E-state index contributed by atoms with van der Waals surface area (Å²) in [7, 11) is 0. The predicted molar refractivity (Wildman–Crippen MR) is 102 cm³/mol. The summed E-state index contributed by atoms with van der Waals surface area (Å²) in [6, 6.07) is 6.74. The lowest BCUT2D eigenvalue weighted by atomic mass is 10.1. The van der Waals surface area contributed by atoms with Gasteiger partial charge in [0.05, 0.1) is 0 Å². The van der Waals surface area contributed by atoms with Gasteiger partial charge in [-0.25, -0.2) is 4.98 Å². The maximum absolute atomic E-state index is 12.6. The maximum Gasteiger partial charge on any atom is 0.223 e. The minimum Gasteiger partial charge on any atom is -0.353 e. The van der Waals surface area contributed by atoms with Crippen molar-refractivity contribution in [2.45, 2.75) is 45.6 Å². The molecule has 138 valence electrons. The number of nitrogens with zero attached hydrogens (tertiary/aromatic N) is 4. The average molecular weight is 345 g/mol. The van der Waals surface area contributed by atoms with Crippen LogP contribution in [0.1, 0.15) is 39.5 Å². The minimum absolute atomic E-state index is 0.316. The fourth-order valence-electron chi connectivity index (χ4n) is 3.46. The molecule has 25 heavy (non-hydrogen) atoms. The third-order valence-corrected chi connectivity index (χ3v) is 5.28. The van der Waals surface area contributed by atoms with Gasteiger partial charge in [0.25, 0.3) is 0 Å². The van der Waals surface area contributed by atoms with Crippen molar-refractivity contribution in [2.24, 2.45) is 5.92 Å². The van der Waals surface area contributed by atoms with Crippen LogP contribution in [0.25, 0.3) is 0 Å². The number of hydrogen-bond acceptors (Lipinski definition) is 4. The van der Waals surface area contributed by atoms with Gasteiger partial charge in [-0.3, -0.25) is 9.69 Å². The highest BCUT2D eigenvalue weighted by Crippen LogP contribution is 2.27. The summed E-state index contributed by atoms with van der Waals surface area (Å²) in [5, 5.41) is 0. The van der Waals surface area contributed by atoms with Gasteiger partial charge in [-0.1, -0.05) is 19.9 Å². The molecule has 0 atom stereocenters. The second kappa shape index (κ2) is 8.65. The monoisotopic (exact) mass is 344 g/mol. The van der Waals surface area contributed by atoms with Gasteiger partial charge in [-0.15, -0.1) is 0 Å². The Bertz CT molecular complexity index is 536. The normalized spacial score (nSPS) is 18.2. The number of pyridine rings is 1. The summed E-state index contributed by atoms with van der Waals surface area (Å²) in [4.78, 5) is 23.8. The van der Waals surface area contributed by atoms with Gasteiger partial charge >= 0.3 is 0 Å². The van der Waals surface area contributed by atoms with Crippen molar-refractivity contribution in [3.8, 4) is 0 Å². The second-order valence-corrected chi connectivity index (χ2v) is 7.76. The number of piperazine rings is 1. The molecule has 5 nitrogen and oxygen atoms in total. The zero-order valence-electron chi connectivity index (χ0n) is 15.7. The van der Waals surface area contributed by atoms with Crippen molar-refractivity contribution in [3.05, 3.63) is 24.4 Å². The van der Waals surface area contributed by atoms with Gasteiger partial charge in [0.1, 0.15) is 5.82 Å². The van der Waals surface area contributed by atoms with Gasteiger partial charge in [0.15, 0.2) is 0 Å². The molecule has 1 aliphatic carbocycles. The van der Waals surface area contributed by atoms with Crippen LogP contribution in [-0.4, -0.2) is 66.0 Å². The zero-order valence-corrected chi connectivity index (χ0v) is 15.7. The van der Waals surface area contributed by atoms with E-state index in [2.05, 4.69) is 28.6 Å². The molecule has 1 amide bonds. The summed E-state index contributed by atoms with van der Waals surface area (Å²) in [5.41, 5.74) is 0. The Morgan fingerprint density at radius 3 is 2.56 bits per heavy atom. The highest BCUT2D eigenvalue weighted by atomic mass is 16.2. The Kier molecular flexibility index (Phi) is 6.29. The summed E-state index contributed by atoms with van der Waals surface area (Å²) < 4.78 is 0. The molecule has 0 spiro atoms. The number of carbonyl (C=O) groups excluding carboxylic acids is 1. The van der Waals surface area contributed by atoms with Crippen LogP contribution in [0, 0.1) is 5.92 Å². The van der Waals surface area contributed by atoms with Crippen molar-refractivity contribution in [3.63, 3.8) is 0 Å². The third-order valence-electron chi connectivity index (χ3n) is 5.28. The molecule has 3 rings (SSSR count). The zero-order chi connectivity index (χ0) is 17.6. The molecule has 2 heterocycles. The first-order valence-electron chi connectivity index (χ1n) is 9.81. The number of carbonyl (C=O) groups is 1. The van der Waals surface area contributed by atoms with Crippen LogP contribution in [0.3, 0.4) is 0 Å². The molecule has 0 aromatic carbocycles. The maximum atomic E-state index is 12.6. The fourth-order valence-corrected chi connectivity index (χ4v) is 3.46. The highest BCUT2D eigenvalue weighted by Gasteiger charge is 2.29. The molecule has 1 aromatic heterocycles. The van der Waals surface area contributed by atoms with E-state index in [1.807, 2.05) is 29.3 Å². The largest absolute Gasteiger partial charge is 0.353 e. The molecule has 1 saturated heterocycles. The van der Waals surface area contributed by atoms with E-state index in [0.29, 0.717) is 12.3 Å². The Balaban J connectivity index is 1.41. The van der Waals surface area contributed by atoms with Crippen LogP contribution in [0.5, 0.6) is 0 Å². The van der Waals surface area contributed by atoms with Crippen molar-refractivity contribution in [1.29, 1.82) is 0 Å². The van der Waals surface area contributed by atoms with Crippen molar-refractivity contribution >= 4 is 11.7 Å². The van der Waals surface area contributed by atoms with Crippen LogP contribution < -0.4 is 4.90 Å². The van der Waals surface area contributed by atoms with Crippen LogP contribution >= 0.6 is 0 Å². The predicted octanol–water partition coefficient (Wildman–Crippen LogP) is 2.63. The Morgan fingerprint density at radius 1 is 1.20 bits per heavy atom. The van der Waals surface area contributed by atoms with Gasteiger partial charge in [0.2, 0.25) is 5.91 Å². The van der Waals surface area contributed by atoms with E-state index >= 15 is 0 Å². The Hall–Kier alpha value is -1.62. The van der Waals surface area contributed by atoms with Crippen LogP contribution in [0.15, 0.2) is 24.4 Å². The van der Waals surface area contributed by atoms with Crippen LogP contribution in [0.2, 0.25) is 0 Å². The van der Waals surface area contributed by atoms with Crippen LogP contribution in [-0.2, 0) is 4.79 Å². The summed E-state index contributed by atoms with van der Waals surface area (Å²) >= 11 is 0. The van der Waals surface area contributed by atoms with Gasteiger partial charge in [-0.05, 0) is 43.9 Å². The molecule has 0 radical (unpaired) electrons. The smallest absolute Gasteiger partial charge is 0.223 e. The molecule has 0 bridgehead atoms. The molecule has 2 fully saturated rings. The molecule has 0 N–H and O–H groups in total. The average Bonchev–Trinajstić information content (AvgIpc) is 3.47. The molecule has 5 heteroatoms. The van der Waals surface area contributed by atoms with Gasteiger partial charge in [-0.2, -0.15) is 0 Å². The Morgan fingerprint density at radius 2 is 1.96 bits per heavy atom. The van der Waals surface area contributed by atoms with Crippen molar-refractivity contribution in [1.82, 2.24) is 14.8 Å². The Labute approximate surface area is 152 Å². The van der Waals surface area contributed by atoms with Crippen molar-refractivity contribution < 1.29 is 4.79 Å². The highest BCUT2D eigenvalue weighted by molar-refractivity contribution is 5.76. The van der Waals surface area contributed by atoms with E-state index < -0.39 is 0 Å². The lowest BCUT2D eigenvalue weighted by Gasteiger charge is -2.35. The van der Waals surface area contributed by atoms with Gasteiger partial charge in [0, 0.05) is 51.4 Å². The first-order chi connectivity index (χ1) is 12.1. The summed E-state index contributed by atoms with van der Waals surface area (Å²) in [6.45, 7) is 9.99. The second-order valence-electron chi connectivity index (χ2n) is 7.76. The van der Waals surface area contributed by atoms with Gasteiger partial charge < -0.3 is 9.80 Å². The van der Waals surface area contributed by atoms with Crippen molar-refractivity contribution in [2.75, 3.05) is 44.2 Å². The molecule has 2 aliphatic rings. The first-order valence-corrected chi connectivity index (χ1v) is 9.81.